The predicted molar refractivity (Wildman–Crippen MR) is 48.6 cm³/mol. The molecule has 0 saturated carbocycles. The van der Waals surface area contributed by atoms with Crippen LogP contribution in [0, 0.1) is 0 Å². The third-order valence-corrected chi connectivity index (χ3v) is 1.16. The Hall–Kier alpha value is -0.820. The Kier molecular flexibility index (Phi) is 5.49. The summed E-state index contributed by atoms with van der Waals surface area (Å²) >= 11 is 5.68. The summed E-state index contributed by atoms with van der Waals surface area (Å²) in [4.78, 5) is 10.4. The zero-order valence-corrected chi connectivity index (χ0v) is 7.43. The molecule has 0 heterocycles. The van der Waals surface area contributed by atoms with Gasteiger partial charge in [0.2, 0.25) is 0 Å². The summed E-state index contributed by atoms with van der Waals surface area (Å²) in [5, 5.41) is 0.616. The van der Waals surface area contributed by atoms with Crippen molar-refractivity contribution in [3.63, 3.8) is 0 Å². The highest BCUT2D eigenvalue weighted by Gasteiger charge is 1.80. The number of carbonyl (C=O) groups is 1. The van der Waals surface area contributed by atoms with Gasteiger partial charge in [-0.25, -0.2) is 0 Å². The van der Waals surface area contributed by atoms with Crippen LogP contribution in [0.3, 0.4) is 0 Å². The quantitative estimate of drug-likeness (QED) is 0.470. The van der Waals surface area contributed by atoms with Crippen LogP contribution in [-0.2, 0) is 4.79 Å². The van der Waals surface area contributed by atoms with E-state index in [1.165, 1.54) is 13.0 Å². The number of halogens is 1. The minimum atomic E-state index is 0.0196. The van der Waals surface area contributed by atoms with Gasteiger partial charge in [-0.1, -0.05) is 23.8 Å². The fourth-order valence-electron chi connectivity index (χ4n) is 0.490. The van der Waals surface area contributed by atoms with Crippen LogP contribution in [0.1, 0.15) is 13.8 Å². The van der Waals surface area contributed by atoms with E-state index in [4.69, 9.17) is 11.6 Å². The molecular formula is C9H11ClO. The minimum Gasteiger partial charge on any atom is -0.295 e. The van der Waals surface area contributed by atoms with E-state index in [1.807, 2.05) is 13.0 Å². The first-order valence-corrected chi connectivity index (χ1v) is 3.71. The highest BCUT2D eigenvalue weighted by atomic mass is 35.5. The molecule has 0 atom stereocenters. The first kappa shape index (κ1) is 10.2. The van der Waals surface area contributed by atoms with E-state index in [1.54, 1.807) is 18.2 Å². The van der Waals surface area contributed by atoms with Gasteiger partial charge in [0.25, 0.3) is 0 Å². The van der Waals surface area contributed by atoms with E-state index in [9.17, 15) is 4.79 Å². The molecule has 0 saturated heterocycles. The van der Waals surface area contributed by atoms with Crippen LogP contribution in [-0.4, -0.2) is 5.78 Å². The fraction of sp³-hybridized carbons (Fsp3) is 0.222. The Bertz CT molecular complexity index is 212. The van der Waals surface area contributed by atoms with E-state index in [-0.39, 0.29) is 5.78 Å². The van der Waals surface area contributed by atoms with Gasteiger partial charge in [-0.05, 0) is 32.1 Å². The van der Waals surface area contributed by atoms with Crippen LogP contribution >= 0.6 is 11.6 Å². The topological polar surface area (TPSA) is 17.1 Å². The van der Waals surface area contributed by atoms with Crippen molar-refractivity contribution in [2.45, 2.75) is 13.8 Å². The molecule has 0 aromatic heterocycles. The second-order valence-electron chi connectivity index (χ2n) is 2.02. The van der Waals surface area contributed by atoms with Gasteiger partial charge in [-0.3, -0.25) is 4.79 Å². The summed E-state index contributed by atoms with van der Waals surface area (Å²) in [5.41, 5.74) is 0. The predicted octanol–water partition coefficient (Wildman–Crippen LogP) is 2.83. The maximum absolute atomic E-state index is 10.4. The van der Waals surface area contributed by atoms with Gasteiger partial charge in [0, 0.05) is 5.03 Å². The lowest BCUT2D eigenvalue weighted by Crippen LogP contribution is -1.77. The molecule has 0 aliphatic rings. The molecule has 2 heteroatoms. The SMILES string of the molecule is C\C=C/C(Cl)=C\C=C\C(C)=O. The Morgan fingerprint density at radius 3 is 2.45 bits per heavy atom. The molecule has 0 rings (SSSR count). The van der Waals surface area contributed by atoms with Crippen molar-refractivity contribution >= 4 is 17.4 Å². The van der Waals surface area contributed by atoms with Crippen molar-refractivity contribution in [1.29, 1.82) is 0 Å². The molecule has 0 radical (unpaired) electrons. The number of hydrogen-bond acceptors (Lipinski definition) is 1. The van der Waals surface area contributed by atoms with Crippen molar-refractivity contribution in [3.8, 4) is 0 Å². The Labute approximate surface area is 72.1 Å². The number of ketones is 1. The van der Waals surface area contributed by atoms with Crippen LogP contribution in [0.4, 0.5) is 0 Å². The maximum Gasteiger partial charge on any atom is 0.152 e. The fourth-order valence-corrected chi connectivity index (χ4v) is 0.689. The molecule has 0 amide bonds. The molecule has 11 heavy (non-hydrogen) atoms. The first-order chi connectivity index (χ1) is 5.16. The summed E-state index contributed by atoms with van der Waals surface area (Å²) in [6.45, 7) is 3.37. The summed E-state index contributed by atoms with van der Waals surface area (Å²) in [7, 11) is 0. The molecule has 0 unspecified atom stereocenters. The van der Waals surface area contributed by atoms with Crippen molar-refractivity contribution in [2.24, 2.45) is 0 Å². The smallest absolute Gasteiger partial charge is 0.152 e. The molecule has 60 valence electrons. The van der Waals surface area contributed by atoms with E-state index >= 15 is 0 Å². The van der Waals surface area contributed by atoms with Crippen LogP contribution in [0.2, 0.25) is 0 Å². The molecule has 0 spiro atoms. The second kappa shape index (κ2) is 5.93. The largest absolute Gasteiger partial charge is 0.295 e. The normalized spacial score (nSPS) is 13.2. The Balaban J connectivity index is 4.01. The Morgan fingerprint density at radius 1 is 1.36 bits per heavy atom. The van der Waals surface area contributed by atoms with E-state index in [0.717, 1.165) is 0 Å². The average Bonchev–Trinajstić information content (AvgIpc) is 1.87. The van der Waals surface area contributed by atoms with E-state index < -0.39 is 0 Å². The van der Waals surface area contributed by atoms with Crippen molar-refractivity contribution in [2.75, 3.05) is 0 Å². The van der Waals surface area contributed by atoms with Crippen molar-refractivity contribution < 1.29 is 4.79 Å². The third-order valence-electron chi connectivity index (χ3n) is 0.912. The lowest BCUT2D eigenvalue weighted by Gasteiger charge is -1.82. The van der Waals surface area contributed by atoms with Gasteiger partial charge in [0.15, 0.2) is 5.78 Å². The average molecular weight is 171 g/mol. The van der Waals surface area contributed by atoms with E-state index in [0.29, 0.717) is 5.03 Å². The Morgan fingerprint density at radius 2 is 2.00 bits per heavy atom. The van der Waals surface area contributed by atoms with E-state index in [2.05, 4.69) is 0 Å². The van der Waals surface area contributed by atoms with Gasteiger partial charge < -0.3 is 0 Å². The number of allylic oxidation sites excluding steroid dienone is 6. The van der Waals surface area contributed by atoms with Gasteiger partial charge in [0.1, 0.15) is 0 Å². The lowest BCUT2D eigenvalue weighted by molar-refractivity contribution is -0.112. The second-order valence-corrected chi connectivity index (χ2v) is 2.46. The zero-order chi connectivity index (χ0) is 8.69. The third kappa shape index (κ3) is 7.07. The van der Waals surface area contributed by atoms with Crippen LogP contribution in [0.25, 0.3) is 0 Å². The summed E-state index contributed by atoms with van der Waals surface area (Å²) in [5.74, 6) is 0.0196. The van der Waals surface area contributed by atoms with Crippen LogP contribution < -0.4 is 0 Å². The molecule has 0 aromatic carbocycles. The molecule has 0 N–H and O–H groups in total. The summed E-state index contributed by atoms with van der Waals surface area (Å²) < 4.78 is 0. The van der Waals surface area contributed by atoms with Crippen LogP contribution in [0.15, 0.2) is 35.4 Å². The van der Waals surface area contributed by atoms with Crippen molar-refractivity contribution in [1.82, 2.24) is 0 Å². The molecule has 0 aliphatic heterocycles. The number of rotatable bonds is 3. The lowest BCUT2D eigenvalue weighted by atomic mass is 10.3. The van der Waals surface area contributed by atoms with Gasteiger partial charge in [-0.2, -0.15) is 0 Å². The van der Waals surface area contributed by atoms with Gasteiger partial charge >= 0.3 is 0 Å². The van der Waals surface area contributed by atoms with Crippen LogP contribution in [0.5, 0.6) is 0 Å². The number of carbonyl (C=O) groups excluding carboxylic acids is 1. The minimum absolute atomic E-state index is 0.0196. The van der Waals surface area contributed by atoms with Gasteiger partial charge in [-0.15, -0.1) is 0 Å². The summed E-state index contributed by atoms with van der Waals surface area (Å²) in [6, 6.07) is 0. The first-order valence-electron chi connectivity index (χ1n) is 3.34. The van der Waals surface area contributed by atoms with Crippen molar-refractivity contribution in [3.05, 3.63) is 35.4 Å². The molecule has 0 aromatic rings. The highest BCUT2D eigenvalue weighted by molar-refractivity contribution is 6.31. The van der Waals surface area contributed by atoms with Gasteiger partial charge in [0.05, 0.1) is 0 Å². The molecular weight excluding hydrogens is 160 g/mol. The monoisotopic (exact) mass is 170 g/mol. The highest BCUT2D eigenvalue weighted by Crippen LogP contribution is 2.02. The maximum atomic E-state index is 10.4. The standard InChI is InChI=1S/C9H11ClO/c1-3-5-9(10)7-4-6-8(2)11/h3-7H,1-2H3/b5-3-,6-4+,9-7+. The molecule has 0 aliphatic carbocycles. The zero-order valence-electron chi connectivity index (χ0n) is 6.67. The molecule has 1 nitrogen and oxygen atoms in total. The molecule has 0 bridgehead atoms. The summed E-state index contributed by atoms with van der Waals surface area (Å²) in [6.07, 6.45) is 8.35. The number of hydrogen-bond donors (Lipinski definition) is 0. The molecule has 0 fully saturated rings.